The van der Waals surface area contributed by atoms with E-state index in [-0.39, 0.29) is 12.7 Å². The smallest absolute Gasteiger partial charge is 0.270 e. The van der Waals surface area contributed by atoms with Crippen LogP contribution in [0.3, 0.4) is 0 Å². The highest BCUT2D eigenvalue weighted by atomic mass is 32.1. The van der Waals surface area contributed by atoms with Crippen LogP contribution < -0.4 is 20.1 Å². The molecule has 4 rings (SSSR count). The number of nitrogens with one attached hydrogen (secondary N) is 2. The number of aromatic nitrogens is 1. The number of likely N-dealkylation sites (tertiary alicyclic amines) is 1. The highest BCUT2D eigenvalue weighted by molar-refractivity contribution is 7.14. The highest BCUT2D eigenvalue weighted by Gasteiger charge is 2.15. The summed E-state index contributed by atoms with van der Waals surface area (Å²) in [6.07, 6.45) is 4.76. The van der Waals surface area contributed by atoms with Crippen LogP contribution in [-0.4, -0.2) is 48.8 Å². The van der Waals surface area contributed by atoms with Crippen molar-refractivity contribution < 1.29 is 14.3 Å². The molecule has 7 nitrogen and oxygen atoms in total. The van der Waals surface area contributed by atoms with Gasteiger partial charge in [0.25, 0.3) is 5.91 Å². The van der Waals surface area contributed by atoms with Gasteiger partial charge in [-0.3, -0.25) is 4.79 Å². The van der Waals surface area contributed by atoms with Crippen LogP contribution in [0.15, 0.2) is 23.6 Å². The van der Waals surface area contributed by atoms with Gasteiger partial charge in [-0.05, 0) is 57.5 Å². The summed E-state index contributed by atoms with van der Waals surface area (Å²) in [7, 11) is 0. The fraction of sp³-hybridized carbons (Fsp3) is 0.474. The van der Waals surface area contributed by atoms with Gasteiger partial charge in [0, 0.05) is 23.7 Å². The molecular weight excluding hydrogens is 364 g/mol. The molecule has 144 valence electrons. The Bertz CT molecular complexity index is 789. The van der Waals surface area contributed by atoms with Crippen LogP contribution in [0.1, 0.15) is 36.2 Å². The number of hydrogen-bond donors (Lipinski definition) is 2. The Balaban J connectivity index is 1.21. The normalized spacial score (nSPS) is 15.9. The topological polar surface area (TPSA) is 75.7 Å². The standard InChI is InChI=1S/C19H24N4O3S/c24-18(20-7-1-2-8-23-9-3-4-10-23)15-12-27-19(22-15)21-14-5-6-16-17(11-14)26-13-25-16/h5-6,11-12H,1-4,7-10,13H2,(H,20,24)(H,21,22). The quantitative estimate of drug-likeness (QED) is 0.677. The molecule has 1 aromatic carbocycles. The molecule has 0 aliphatic carbocycles. The van der Waals surface area contributed by atoms with Gasteiger partial charge in [0.1, 0.15) is 5.69 Å². The van der Waals surface area contributed by atoms with E-state index in [1.807, 2.05) is 18.2 Å². The van der Waals surface area contributed by atoms with E-state index < -0.39 is 0 Å². The van der Waals surface area contributed by atoms with Gasteiger partial charge >= 0.3 is 0 Å². The first kappa shape index (κ1) is 18.1. The van der Waals surface area contributed by atoms with Crippen LogP contribution in [0.5, 0.6) is 11.5 Å². The lowest BCUT2D eigenvalue weighted by atomic mass is 10.3. The zero-order valence-electron chi connectivity index (χ0n) is 15.2. The molecule has 2 aliphatic heterocycles. The molecule has 0 spiro atoms. The van der Waals surface area contributed by atoms with Crippen LogP contribution in [0.2, 0.25) is 0 Å². The van der Waals surface area contributed by atoms with Gasteiger partial charge in [-0.2, -0.15) is 0 Å². The molecule has 1 fully saturated rings. The summed E-state index contributed by atoms with van der Waals surface area (Å²) in [4.78, 5) is 19.1. The lowest BCUT2D eigenvalue weighted by Crippen LogP contribution is -2.26. The van der Waals surface area contributed by atoms with Gasteiger partial charge in [0.15, 0.2) is 16.6 Å². The number of rotatable bonds is 8. The number of benzene rings is 1. The molecule has 0 radical (unpaired) electrons. The van der Waals surface area contributed by atoms with E-state index in [2.05, 4.69) is 20.5 Å². The van der Waals surface area contributed by atoms with Crippen molar-refractivity contribution in [1.82, 2.24) is 15.2 Å². The minimum atomic E-state index is -0.119. The summed E-state index contributed by atoms with van der Waals surface area (Å²) in [5.41, 5.74) is 1.30. The van der Waals surface area contributed by atoms with Crippen molar-refractivity contribution in [3.8, 4) is 11.5 Å². The molecule has 0 saturated carbocycles. The molecule has 2 aromatic rings. The average molecular weight is 388 g/mol. The molecule has 1 aromatic heterocycles. The first-order valence-corrected chi connectivity index (χ1v) is 10.3. The molecule has 8 heteroatoms. The monoisotopic (exact) mass is 388 g/mol. The molecular formula is C19H24N4O3S. The molecule has 1 saturated heterocycles. The van der Waals surface area contributed by atoms with Crippen LogP contribution in [-0.2, 0) is 0 Å². The lowest BCUT2D eigenvalue weighted by Gasteiger charge is -2.13. The van der Waals surface area contributed by atoms with E-state index in [0.717, 1.165) is 30.8 Å². The fourth-order valence-electron chi connectivity index (χ4n) is 3.29. The maximum atomic E-state index is 12.2. The Morgan fingerprint density at radius 2 is 2.04 bits per heavy atom. The van der Waals surface area contributed by atoms with Crippen LogP contribution in [0, 0.1) is 0 Å². The molecule has 27 heavy (non-hydrogen) atoms. The zero-order chi connectivity index (χ0) is 18.5. The maximum absolute atomic E-state index is 12.2. The van der Waals surface area contributed by atoms with E-state index in [0.29, 0.717) is 23.1 Å². The number of carbonyl (C=O) groups excluding carboxylic acids is 1. The third-order valence-electron chi connectivity index (χ3n) is 4.75. The van der Waals surface area contributed by atoms with E-state index in [1.54, 1.807) is 5.38 Å². The van der Waals surface area contributed by atoms with Crippen molar-refractivity contribution in [2.24, 2.45) is 0 Å². The Morgan fingerprint density at radius 3 is 2.93 bits per heavy atom. The summed E-state index contributed by atoms with van der Waals surface area (Å²) >= 11 is 1.40. The second-order valence-electron chi connectivity index (χ2n) is 6.74. The number of ether oxygens (including phenoxy) is 2. The molecule has 0 bridgehead atoms. The predicted octanol–water partition coefficient (Wildman–Crippen LogP) is 3.22. The van der Waals surface area contributed by atoms with Crippen molar-refractivity contribution in [2.75, 3.05) is 38.3 Å². The summed E-state index contributed by atoms with van der Waals surface area (Å²) in [5, 5.41) is 8.61. The average Bonchev–Trinajstić information content (AvgIpc) is 3.42. The minimum Gasteiger partial charge on any atom is -0.454 e. The van der Waals surface area contributed by atoms with Crippen LogP contribution >= 0.6 is 11.3 Å². The molecule has 3 heterocycles. The van der Waals surface area contributed by atoms with Gasteiger partial charge in [0.2, 0.25) is 6.79 Å². The zero-order valence-corrected chi connectivity index (χ0v) is 16.0. The Kier molecular flexibility index (Phi) is 5.74. The number of hydrogen-bond acceptors (Lipinski definition) is 7. The number of anilines is 2. The third-order valence-corrected chi connectivity index (χ3v) is 5.50. The number of thiazole rings is 1. The van der Waals surface area contributed by atoms with Gasteiger partial charge in [-0.1, -0.05) is 0 Å². The second kappa shape index (κ2) is 8.58. The summed E-state index contributed by atoms with van der Waals surface area (Å²) in [6, 6.07) is 5.62. The summed E-state index contributed by atoms with van der Waals surface area (Å²) < 4.78 is 10.7. The number of unbranched alkanes of at least 4 members (excludes halogenated alkanes) is 1. The van der Waals surface area contributed by atoms with E-state index in [4.69, 9.17) is 9.47 Å². The van der Waals surface area contributed by atoms with Crippen molar-refractivity contribution in [3.05, 3.63) is 29.3 Å². The van der Waals surface area contributed by atoms with Crippen molar-refractivity contribution in [1.29, 1.82) is 0 Å². The summed E-state index contributed by atoms with van der Waals surface area (Å²) in [6.45, 7) is 4.53. The molecule has 2 aliphatic rings. The minimum absolute atomic E-state index is 0.119. The number of fused-ring (bicyclic) bond motifs is 1. The number of amides is 1. The first-order valence-electron chi connectivity index (χ1n) is 9.41. The highest BCUT2D eigenvalue weighted by Crippen LogP contribution is 2.35. The summed E-state index contributed by atoms with van der Waals surface area (Å²) in [5.74, 6) is 1.33. The van der Waals surface area contributed by atoms with Gasteiger partial charge in [-0.15, -0.1) is 11.3 Å². The second-order valence-corrected chi connectivity index (χ2v) is 7.60. The third kappa shape index (κ3) is 4.70. The molecule has 1 amide bonds. The van der Waals surface area contributed by atoms with Crippen molar-refractivity contribution >= 4 is 28.1 Å². The molecule has 0 unspecified atom stereocenters. The van der Waals surface area contributed by atoms with Crippen molar-refractivity contribution in [3.63, 3.8) is 0 Å². The maximum Gasteiger partial charge on any atom is 0.270 e. The van der Waals surface area contributed by atoms with Crippen LogP contribution in [0.25, 0.3) is 0 Å². The van der Waals surface area contributed by atoms with Gasteiger partial charge in [0.05, 0.1) is 0 Å². The fourth-order valence-corrected chi connectivity index (χ4v) is 4.00. The SMILES string of the molecule is O=C(NCCCCN1CCCC1)c1csc(Nc2ccc3c(c2)OCO3)n1. The van der Waals surface area contributed by atoms with E-state index >= 15 is 0 Å². The lowest BCUT2D eigenvalue weighted by molar-refractivity contribution is 0.0948. The number of nitrogens with zero attached hydrogens (tertiary/aromatic N) is 2. The van der Waals surface area contributed by atoms with Crippen molar-refractivity contribution in [2.45, 2.75) is 25.7 Å². The Labute approximate surface area is 162 Å². The molecule has 2 N–H and O–H groups in total. The van der Waals surface area contributed by atoms with E-state index in [9.17, 15) is 4.79 Å². The van der Waals surface area contributed by atoms with Gasteiger partial charge < -0.3 is 25.0 Å². The Hall–Kier alpha value is -2.32. The Morgan fingerprint density at radius 1 is 1.19 bits per heavy atom. The van der Waals surface area contributed by atoms with E-state index in [1.165, 1.54) is 37.3 Å². The predicted molar refractivity (Wildman–Crippen MR) is 105 cm³/mol. The molecule has 0 atom stereocenters. The first-order chi connectivity index (χ1) is 13.3. The largest absolute Gasteiger partial charge is 0.454 e. The number of carbonyl (C=O) groups is 1. The van der Waals surface area contributed by atoms with Crippen LogP contribution in [0.4, 0.5) is 10.8 Å². The van der Waals surface area contributed by atoms with Gasteiger partial charge in [-0.25, -0.2) is 4.98 Å².